The van der Waals surface area contributed by atoms with Gasteiger partial charge in [-0.2, -0.15) is 10.5 Å². The lowest BCUT2D eigenvalue weighted by atomic mass is 9.80. The minimum absolute atomic E-state index is 0.425. The topological polar surface area (TPSA) is 89.2 Å². The fraction of sp³-hybridized carbons (Fsp3) is 0.190. The van der Waals surface area contributed by atoms with Gasteiger partial charge in [0, 0.05) is 17.6 Å². The van der Waals surface area contributed by atoms with Gasteiger partial charge in [0.25, 0.3) is 0 Å². The second-order valence-corrected chi connectivity index (χ2v) is 6.21. The fourth-order valence-electron chi connectivity index (χ4n) is 3.28. The highest BCUT2D eigenvalue weighted by Crippen LogP contribution is 2.35. The third-order valence-electron chi connectivity index (χ3n) is 4.53. The first kappa shape index (κ1) is 18.0. The monoisotopic (exact) mass is 358 g/mol. The van der Waals surface area contributed by atoms with Crippen molar-refractivity contribution in [3.63, 3.8) is 0 Å². The molecule has 6 nitrogen and oxygen atoms in total. The zero-order valence-electron chi connectivity index (χ0n) is 15.0. The summed E-state index contributed by atoms with van der Waals surface area (Å²) >= 11 is 0. The van der Waals surface area contributed by atoms with Crippen LogP contribution in [0.3, 0.4) is 0 Å². The number of hydrogen-bond donors (Lipinski definition) is 1. The number of para-hydroxylation sites is 1. The highest BCUT2D eigenvalue weighted by Gasteiger charge is 2.38. The summed E-state index contributed by atoms with van der Waals surface area (Å²) in [5, 5.41) is 22.4. The van der Waals surface area contributed by atoms with E-state index in [0.717, 1.165) is 0 Å². The molecule has 1 amide bonds. The number of amides is 1. The van der Waals surface area contributed by atoms with Gasteiger partial charge in [0.05, 0.1) is 35.2 Å². The summed E-state index contributed by atoms with van der Waals surface area (Å²) < 4.78 is 5.45. The standard InChI is InChI=1S/C21H18N4O2/c1-14-17(12-22)20(18(13-23)15(2)24-14)19-10-6-7-11-25(19)21(26)27-16-8-4-3-5-9-16/h3-11,19-20,24H,1-2H3. The van der Waals surface area contributed by atoms with Crippen LogP contribution in [0, 0.1) is 28.6 Å². The van der Waals surface area contributed by atoms with Gasteiger partial charge in [0.15, 0.2) is 0 Å². The molecule has 134 valence electrons. The fourth-order valence-corrected chi connectivity index (χ4v) is 3.28. The maximum Gasteiger partial charge on any atom is 0.419 e. The largest absolute Gasteiger partial charge is 0.419 e. The van der Waals surface area contributed by atoms with Crippen molar-refractivity contribution in [3.8, 4) is 17.9 Å². The van der Waals surface area contributed by atoms with Crippen molar-refractivity contribution in [2.24, 2.45) is 5.92 Å². The highest BCUT2D eigenvalue weighted by molar-refractivity contribution is 5.73. The maximum atomic E-state index is 12.8. The summed E-state index contributed by atoms with van der Waals surface area (Å²) in [6.07, 6.45) is 6.35. The first-order chi connectivity index (χ1) is 13.1. The number of ether oxygens (including phenoxy) is 1. The van der Waals surface area contributed by atoms with Gasteiger partial charge in [0.2, 0.25) is 0 Å². The number of nitriles is 2. The summed E-state index contributed by atoms with van der Waals surface area (Å²) in [7, 11) is 0. The normalized spacial score (nSPS) is 19.4. The Bertz CT molecular complexity index is 922. The molecule has 0 saturated heterocycles. The molecule has 0 saturated carbocycles. The second-order valence-electron chi connectivity index (χ2n) is 6.21. The quantitative estimate of drug-likeness (QED) is 0.869. The summed E-state index contributed by atoms with van der Waals surface area (Å²) in [4.78, 5) is 14.2. The molecule has 27 heavy (non-hydrogen) atoms. The maximum absolute atomic E-state index is 12.8. The average molecular weight is 358 g/mol. The number of benzene rings is 1. The Labute approximate surface area is 158 Å². The van der Waals surface area contributed by atoms with Crippen LogP contribution in [0.4, 0.5) is 4.79 Å². The Morgan fingerprint density at radius 1 is 1.07 bits per heavy atom. The van der Waals surface area contributed by atoms with Gasteiger partial charge < -0.3 is 10.1 Å². The Kier molecular flexibility index (Phi) is 5.10. The van der Waals surface area contributed by atoms with E-state index in [4.69, 9.17) is 4.74 Å². The lowest BCUT2D eigenvalue weighted by Crippen LogP contribution is -2.45. The van der Waals surface area contributed by atoms with Gasteiger partial charge >= 0.3 is 6.09 Å². The molecule has 1 N–H and O–H groups in total. The molecule has 0 bridgehead atoms. The first-order valence-electron chi connectivity index (χ1n) is 8.45. The van der Waals surface area contributed by atoms with Crippen LogP contribution in [0.25, 0.3) is 0 Å². The zero-order chi connectivity index (χ0) is 19.4. The van der Waals surface area contributed by atoms with E-state index < -0.39 is 18.1 Å². The van der Waals surface area contributed by atoms with Crippen molar-refractivity contribution in [1.82, 2.24) is 10.2 Å². The molecule has 1 aromatic carbocycles. The van der Waals surface area contributed by atoms with Crippen LogP contribution in [-0.2, 0) is 0 Å². The van der Waals surface area contributed by atoms with E-state index in [1.54, 1.807) is 62.5 Å². The number of carbonyl (C=O) groups is 1. The molecule has 2 heterocycles. The molecule has 1 unspecified atom stereocenters. The van der Waals surface area contributed by atoms with E-state index in [1.165, 1.54) is 4.90 Å². The Hall–Kier alpha value is -3.77. The van der Waals surface area contributed by atoms with Crippen LogP contribution < -0.4 is 10.1 Å². The average Bonchev–Trinajstić information content (AvgIpc) is 2.68. The third-order valence-corrected chi connectivity index (χ3v) is 4.53. The minimum Gasteiger partial charge on any atom is -0.410 e. The van der Waals surface area contributed by atoms with Crippen LogP contribution in [0.1, 0.15) is 13.8 Å². The molecule has 0 aromatic heterocycles. The van der Waals surface area contributed by atoms with Crippen LogP contribution in [-0.4, -0.2) is 17.0 Å². The predicted molar refractivity (Wildman–Crippen MR) is 99.6 cm³/mol. The van der Waals surface area contributed by atoms with Gasteiger partial charge in [-0.3, -0.25) is 4.90 Å². The second kappa shape index (κ2) is 7.63. The molecule has 6 heteroatoms. The van der Waals surface area contributed by atoms with E-state index >= 15 is 0 Å². The smallest absolute Gasteiger partial charge is 0.410 e. The summed E-state index contributed by atoms with van der Waals surface area (Å²) in [5.74, 6) is -0.139. The molecular formula is C21H18N4O2. The molecule has 1 aromatic rings. The number of carbonyl (C=O) groups excluding carboxylic acids is 1. The van der Waals surface area contributed by atoms with Crippen molar-refractivity contribution in [2.45, 2.75) is 19.9 Å². The molecule has 0 aliphatic carbocycles. The van der Waals surface area contributed by atoms with Gasteiger partial charge in [-0.15, -0.1) is 0 Å². The number of nitrogens with one attached hydrogen (secondary N) is 1. The molecule has 3 rings (SSSR count). The lowest BCUT2D eigenvalue weighted by Gasteiger charge is -2.36. The predicted octanol–water partition coefficient (Wildman–Crippen LogP) is 3.75. The molecular weight excluding hydrogens is 340 g/mol. The van der Waals surface area contributed by atoms with Gasteiger partial charge in [0.1, 0.15) is 5.75 Å². The third kappa shape index (κ3) is 3.47. The van der Waals surface area contributed by atoms with Crippen molar-refractivity contribution in [3.05, 3.63) is 77.3 Å². The molecule has 2 aliphatic heterocycles. The number of hydrogen-bond acceptors (Lipinski definition) is 5. The Morgan fingerprint density at radius 2 is 1.70 bits per heavy atom. The van der Waals surface area contributed by atoms with Crippen molar-refractivity contribution in [1.29, 1.82) is 10.5 Å². The zero-order valence-corrected chi connectivity index (χ0v) is 15.0. The van der Waals surface area contributed by atoms with Crippen LogP contribution in [0.2, 0.25) is 0 Å². The van der Waals surface area contributed by atoms with Crippen molar-refractivity contribution in [2.75, 3.05) is 0 Å². The molecule has 0 radical (unpaired) electrons. The van der Waals surface area contributed by atoms with E-state index in [-0.39, 0.29) is 0 Å². The lowest BCUT2D eigenvalue weighted by molar-refractivity contribution is 0.155. The summed E-state index contributed by atoms with van der Waals surface area (Å²) in [5.41, 5.74) is 2.22. The molecule has 0 spiro atoms. The number of allylic oxidation sites excluding steroid dienone is 4. The number of nitrogens with zero attached hydrogens (tertiary/aromatic N) is 3. The summed E-state index contributed by atoms with van der Waals surface area (Å²) in [6.45, 7) is 3.58. The summed E-state index contributed by atoms with van der Waals surface area (Å²) in [6, 6.07) is 12.6. The van der Waals surface area contributed by atoms with Gasteiger partial charge in [-0.25, -0.2) is 4.79 Å². The molecule has 2 aliphatic rings. The van der Waals surface area contributed by atoms with Crippen LogP contribution >= 0.6 is 0 Å². The number of dihydropyridines is 1. The van der Waals surface area contributed by atoms with Crippen molar-refractivity contribution < 1.29 is 9.53 Å². The van der Waals surface area contributed by atoms with E-state index in [2.05, 4.69) is 17.5 Å². The van der Waals surface area contributed by atoms with Crippen LogP contribution in [0.5, 0.6) is 5.75 Å². The van der Waals surface area contributed by atoms with E-state index in [9.17, 15) is 15.3 Å². The molecule has 1 atom stereocenters. The van der Waals surface area contributed by atoms with E-state index in [1.807, 2.05) is 6.07 Å². The highest BCUT2D eigenvalue weighted by atomic mass is 16.6. The molecule has 0 fully saturated rings. The van der Waals surface area contributed by atoms with Gasteiger partial charge in [-0.05, 0) is 32.1 Å². The van der Waals surface area contributed by atoms with Crippen molar-refractivity contribution >= 4 is 6.09 Å². The number of rotatable bonds is 2. The van der Waals surface area contributed by atoms with E-state index in [0.29, 0.717) is 28.3 Å². The minimum atomic E-state index is -0.574. The van der Waals surface area contributed by atoms with Crippen LogP contribution in [0.15, 0.2) is 77.3 Å². The Morgan fingerprint density at radius 3 is 2.30 bits per heavy atom. The Balaban J connectivity index is 1.97. The SMILES string of the molecule is CC1=C(C#N)C(C2C=CC=CN2C(=O)Oc2ccccc2)C(C#N)=C(C)N1. The van der Waals surface area contributed by atoms with Gasteiger partial charge in [-0.1, -0.05) is 30.4 Å². The first-order valence-corrected chi connectivity index (χ1v) is 8.45.